The van der Waals surface area contributed by atoms with E-state index in [1.807, 2.05) is 0 Å². The highest BCUT2D eigenvalue weighted by molar-refractivity contribution is 5.86. The van der Waals surface area contributed by atoms with Crippen LogP contribution in [0.25, 0.3) is 0 Å². The minimum absolute atomic E-state index is 0.0424. The predicted molar refractivity (Wildman–Crippen MR) is 118 cm³/mol. The summed E-state index contributed by atoms with van der Waals surface area (Å²) in [6.07, 6.45) is -3.33. The number of carbonyl (C=O) groups excluding carboxylic acids is 2. The Hall–Kier alpha value is -2.12. The van der Waals surface area contributed by atoms with E-state index in [9.17, 15) is 35.1 Å². The van der Waals surface area contributed by atoms with Crippen molar-refractivity contribution >= 4 is 11.9 Å². The van der Waals surface area contributed by atoms with Crippen molar-refractivity contribution in [1.29, 1.82) is 0 Å². The number of aliphatic hydroxyl groups excluding tert-OH is 4. The van der Waals surface area contributed by atoms with Crippen molar-refractivity contribution < 1.29 is 49.3 Å². The molecule has 0 bridgehead atoms. The number of benzene rings is 1. The predicted octanol–water partition coefficient (Wildman–Crippen LogP) is -1.39. The smallest absolute Gasteiger partial charge is 0.333 e. The van der Waals surface area contributed by atoms with Crippen LogP contribution in [0.15, 0.2) is 30.3 Å². The van der Waals surface area contributed by atoms with Gasteiger partial charge in [0, 0.05) is 24.2 Å². The Kier molecular flexibility index (Phi) is 7.49. The average molecular weight is 496 g/mol. The van der Waals surface area contributed by atoms with Crippen LogP contribution in [0, 0.1) is 17.8 Å². The summed E-state index contributed by atoms with van der Waals surface area (Å²) < 4.78 is 16.7. The van der Waals surface area contributed by atoms with Crippen molar-refractivity contribution in [1.82, 2.24) is 5.32 Å². The van der Waals surface area contributed by atoms with Crippen molar-refractivity contribution in [2.24, 2.45) is 17.8 Å². The Morgan fingerprint density at radius 1 is 1.17 bits per heavy atom. The van der Waals surface area contributed by atoms with Crippen molar-refractivity contribution in [2.45, 2.75) is 55.0 Å². The van der Waals surface area contributed by atoms with Gasteiger partial charge in [0.2, 0.25) is 11.7 Å². The Balaban J connectivity index is 1.53. The van der Waals surface area contributed by atoms with Crippen LogP contribution in [-0.4, -0.2) is 94.0 Å². The van der Waals surface area contributed by atoms with Crippen molar-refractivity contribution in [3.05, 3.63) is 35.9 Å². The van der Waals surface area contributed by atoms with E-state index in [4.69, 9.17) is 14.2 Å². The maximum absolute atomic E-state index is 13.2. The van der Waals surface area contributed by atoms with Gasteiger partial charge in [-0.3, -0.25) is 4.79 Å². The second-order valence-corrected chi connectivity index (χ2v) is 9.65. The Labute approximate surface area is 202 Å². The Bertz CT molecular complexity index is 915. The Morgan fingerprint density at radius 2 is 1.89 bits per heavy atom. The van der Waals surface area contributed by atoms with E-state index in [0.717, 1.165) is 0 Å². The number of aliphatic hydroxyl groups is 5. The summed E-state index contributed by atoms with van der Waals surface area (Å²) in [4.78, 5) is 25.5. The second kappa shape index (κ2) is 10.1. The van der Waals surface area contributed by atoms with E-state index in [2.05, 4.69) is 5.32 Å². The van der Waals surface area contributed by atoms with E-state index in [0.29, 0.717) is 5.56 Å². The molecule has 9 atom stereocenters. The van der Waals surface area contributed by atoms with Gasteiger partial charge in [0.25, 0.3) is 0 Å². The standard InChI is InChI=1S/C24H33NO10/c1-33-22(31)20(13-5-3-2-4-6-13)25-21(30)14-7-16(28)19-18(8-14)35-24(23(19,32)12-27)9-17(29)15(10-26)11-34-24/h2-6,14-20,26-29,32H,7-12H2,1H3,(H,25,30)/t14-,15+,16+,17-,18+,19-,20+,23-,24-/m0/s1. The van der Waals surface area contributed by atoms with Gasteiger partial charge < -0.3 is 45.1 Å². The second-order valence-electron chi connectivity index (χ2n) is 9.65. The molecule has 1 amide bonds. The average Bonchev–Trinajstić information content (AvgIpc) is 3.10. The van der Waals surface area contributed by atoms with E-state index in [1.165, 1.54) is 7.11 Å². The minimum Gasteiger partial charge on any atom is -0.467 e. The molecule has 11 nitrogen and oxygen atoms in total. The first-order valence-electron chi connectivity index (χ1n) is 11.7. The molecule has 0 aromatic heterocycles. The number of amides is 1. The molecule has 1 saturated carbocycles. The van der Waals surface area contributed by atoms with Crippen LogP contribution in [0.5, 0.6) is 0 Å². The molecule has 1 aliphatic carbocycles. The van der Waals surface area contributed by atoms with Gasteiger partial charge in [-0.05, 0) is 18.4 Å². The zero-order valence-corrected chi connectivity index (χ0v) is 19.4. The topological polar surface area (TPSA) is 175 Å². The van der Waals surface area contributed by atoms with E-state index in [-0.39, 0.29) is 32.5 Å². The molecule has 194 valence electrons. The van der Waals surface area contributed by atoms with E-state index < -0.39 is 72.0 Å². The van der Waals surface area contributed by atoms with Gasteiger partial charge in [-0.25, -0.2) is 4.79 Å². The molecule has 6 N–H and O–H groups in total. The largest absolute Gasteiger partial charge is 0.467 e. The third-order valence-corrected chi connectivity index (χ3v) is 7.67. The van der Waals surface area contributed by atoms with Gasteiger partial charge in [-0.15, -0.1) is 0 Å². The molecule has 2 saturated heterocycles. The number of esters is 1. The van der Waals surface area contributed by atoms with Gasteiger partial charge >= 0.3 is 5.97 Å². The molecule has 1 aromatic rings. The molecule has 0 unspecified atom stereocenters. The maximum Gasteiger partial charge on any atom is 0.333 e. The lowest BCUT2D eigenvalue weighted by molar-refractivity contribution is -0.335. The number of methoxy groups -OCH3 is 1. The van der Waals surface area contributed by atoms with Crippen LogP contribution in [-0.2, 0) is 23.8 Å². The van der Waals surface area contributed by atoms with Crippen LogP contribution in [0.1, 0.15) is 30.9 Å². The van der Waals surface area contributed by atoms with Crippen LogP contribution >= 0.6 is 0 Å². The molecule has 2 aliphatic heterocycles. The third-order valence-electron chi connectivity index (χ3n) is 7.67. The molecular weight excluding hydrogens is 462 g/mol. The van der Waals surface area contributed by atoms with Crippen molar-refractivity contribution in [2.75, 3.05) is 26.9 Å². The molecule has 0 radical (unpaired) electrons. The summed E-state index contributed by atoms with van der Waals surface area (Å²) >= 11 is 0. The van der Waals surface area contributed by atoms with E-state index >= 15 is 0 Å². The minimum atomic E-state index is -2.03. The van der Waals surface area contributed by atoms with Gasteiger partial charge in [0.15, 0.2) is 6.04 Å². The first-order valence-corrected chi connectivity index (χ1v) is 11.7. The number of nitrogens with one attached hydrogen (secondary N) is 1. The lowest BCUT2D eigenvalue weighted by atomic mass is 9.68. The molecule has 1 spiro atoms. The van der Waals surface area contributed by atoms with Crippen LogP contribution in [0.2, 0.25) is 0 Å². The van der Waals surface area contributed by atoms with Crippen molar-refractivity contribution in [3.8, 4) is 0 Å². The number of hydrogen-bond donors (Lipinski definition) is 6. The summed E-state index contributed by atoms with van der Waals surface area (Å²) in [5.74, 6) is -5.26. The van der Waals surface area contributed by atoms with Gasteiger partial charge in [-0.1, -0.05) is 30.3 Å². The summed E-state index contributed by atoms with van der Waals surface area (Å²) in [5.41, 5.74) is -1.49. The van der Waals surface area contributed by atoms with Gasteiger partial charge in [-0.2, -0.15) is 0 Å². The molecule has 11 heteroatoms. The molecule has 35 heavy (non-hydrogen) atoms. The zero-order valence-electron chi connectivity index (χ0n) is 19.4. The van der Waals surface area contributed by atoms with Crippen LogP contribution in [0.3, 0.4) is 0 Å². The summed E-state index contributed by atoms with van der Waals surface area (Å²) in [5, 5.41) is 55.1. The lowest BCUT2D eigenvalue weighted by Gasteiger charge is -2.47. The molecule has 4 rings (SSSR count). The van der Waals surface area contributed by atoms with Crippen molar-refractivity contribution in [3.63, 3.8) is 0 Å². The third kappa shape index (κ3) is 4.46. The molecule has 2 heterocycles. The highest BCUT2D eigenvalue weighted by atomic mass is 16.7. The van der Waals surface area contributed by atoms with E-state index in [1.54, 1.807) is 30.3 Å². The molecule has 1 aromatic carbocycles. The first-order chi connectivity index (χ1) is 16.7. The lowest BCUT2D eigenvalue weighted by Crippen LogP contribution is -2.64. The molecular formula is C24H33NO10. The fourth-order valence-corrected chi connectivity index (χ4v) is 5.71. The Morgan fingerprint density at radius 3 is 2.49 bits per heavy atom. The number of hydrogen-bond acceptors (Lipinski definition) is 10. The number of ether oxygens (including phenoxy) is 3. The fourth-order valence-electron chi connectivity index (χ4n) is 5.71. The van der Waals surface area contributed by atoms with Crippen LogP contribution in [0.4, 0.5) is 0 Å². The summed E-state index contributed by atoms with van der Waals surface area (Å²) in [6, 6.07) is 7.57. The first kappa shape index (κ1) is 26.0. The summed E-state index contributed by atoms with van der Waals surface area (Å²) in [6.45, 7) is -1.23. The highest BCUT2D eigenvalue weighted by Crippen LogP contribution is 2.54. The van der Waals surface area contributed by atoms with Crippen LogP contribution < -0.4 is 5.32 Å². The van der Waals surface area contributed by atoms with Gasteiger partial charge in [0.1, 0.15) is 5.60 Å². The number of fused-ring (bicyclic) bond motifs is 1. The maximum atomic E-state index is 13.2. The number of carbonyl (C=O) groups is 2. The number of rotatable bonds is 6. The SMILES string of the molecule is COC(=O)[C@H](NC(=O)[C@H]1C[C@@H](O)[C@H]2[C@@H](C1)O[C@@]1(C[C@H](O)[C@H](CO)CO1)[C@]2(O)CO)c1ccccc1. The van der Waals surface area contributed by atoms with Gasteiger partial charge in [0.05, 0.1) is 45.2 Å². The monoisotopic (exact) mass is 495 g/mol. The zero-order chi connectivity index (χ0) is 25.4. The quantitative estimate of drug-likeness (QED) is 0.258. The normalized spacial score (nSPS) is 39.6. The highest BCUT2D eigenvalue weighted by Gasteiger charge is 2.70. The molecule has 3 aliphatic rings. The summed E-state index contributed by atoms with van der Waals surface area (Å²) in [7, 11) is 1.22. The molecule has 3 fully saturated rings. The fraction of sp³-hybridized carbons (Fsp3) is 0.667.